The van der Waals surface area contributed by atoms with Crippen molar-refractivity contribution in [3.05, 3.63) is 35.9 Å². The van der Waals surface area contributed by atoms with E-state index in [9.17, 15) is 9.00 Å². The first-order valence-electron chi connectivity index (χ1n) is 11.8. The van der Waals surface area contributed by atoms with Crippen molar-refractivity contribution in [1.29, 1.82) is 0 Å². The van der Waals surface area contributed by atoms with Crippen LogP contribution in [0.2, 0.25) is 0 Å². The molecular weight excluding hydrogens is 442 g/mol. The second-order valence-corrected chi connectivity index (χ2v) is 11.9. The van der Waals surface area contributed by atoms with E-state index in [0.717, 1.165) is 48.8 Å². The number of benzene rings is 1. The van der Waals surface area contributed by atoms with Gasteiger partial charge in [-0.2, -0.15) is 0 Å². The van der Waals surface area contributed by atoms with Crippen molar-refractivity contribution in [2.45, 2.75) is 75.8 Å². The molecule has 0 N–H and O–H groups in total. The van der Waals surface area contributed by atoms with Crippen LogP contribution in [0.1, 0.15) is 64.4 Å². The Hall–Kier alpha value is -1.47. The van der Waals surface area contributed by atoms with Crippen molar-refractivity contribution in [2.24, 2.45) is 0 Å². The molecule has 178 valence electrons. The third kappa shape index (κ3) is 7.27. The first-order chi connectivity index (χ1) is 15.5. The van der Waals surface area contributed by atoms with Crippen molar-refractivity contribution in [3.8, 4) is 11.5 Å². The van der Waals surface area contributed by atoms with Crippen LogP contribution in [0.4, 0.5) is 0 Å². The lowest BCUT2D eigenvalue weighted by Crippen LogP contribution is -2.53. The molecule has 0 aromatic heterocycles. The molecule has 0 aliphatic carbocycles. The highest BCUT2D eigenvalue weighted by Gasteiger charge is 2.38. The molecule has 5 nitrogen and oxygen atoms in total. The summed E-state index contributed by atoms with van der Waals surface area (Å²) in [7, 11) is -0.743. The lowest BCUT2D eigenvalue weighted by Gasteiger charge is -2.43. The second kappa shape index (κ2) is 12.7. The third-order valence-electron chi connectivity index (χ3n) is 6.00. The number of thioether (sulfide) groups is 1. The van der Waals surface area contributed by atoms with E-state index in [4.69, 9.17) is 9.47 Å². The summed E-state index contributed by atoms with van der Waals surface area (Å²) in [5, 5.41) is 0.675. The third-order valence-corrected chi connectivity index (χ3v) is 9.14. The van der Waals surface area contributed by atoms with E-state index in [1.165, 1.54) is 43.2 Å². The maximum Gasteiger partial charge on any atom is 0.231 e. The minimum Gasteiger partial charge on any atom is -0.454 e. The van der Waals surface area contributed by atoms with Crippen molar-refractivity contribution in [3.63, 3.8) is 0 Å². The van der Waals surface area contributed by atoms with Crippen LogP contribution in [0.3, 0.4) is 0 Å². The van der Waals surface area contributed by atoms with Gasteiger partial charge in [-0.25, -0.2) is 0 Å². The van der Waals surface area contributed by atoms with Crippen molar-refractivity contribution >= 4 is 28.5 Å². The predicted octanol–water partition coefficient (Wildman–Crippen LogP) is 5.30. The van der Waals surface area contributed by atoms with Crippen molar-refractivity contribution in [1.82, 2.24) is 4.90 Å². The second-order valence-electron chi connectivity index (χ2n) is 8.80. The number of fused-ring (bicyclic) bond motifs is 2. The number of unbranched alkanes of at least 4 members (excludes halogenated alkanes) is 5. The number of ether oxygens (including phenoxy) is 2. The Labute approximate surface area is 199 Å². The summed E-state index contributed by atoms with van der Waals surface area (Å²) >= 11 is 1.83. The molecule has 32 heavy (non-hydrogen) atoms. The maximum absolute atomic E-state index is 12.3. The molecule has 0 bridgehead atoms. The minimum atomic E-state index is -0.743. The maximum atomic E-state index is 12.3. The molecule has 4 rings (SSSR count). The Morgan fingerprint density at radius 3 is 2.69 bits per heavy atom. The Bertz CT molecular complexity index is 807. The number of nitrogens with zero attached hydrogens (tertiary/aromatic N) is 1. The van der Waals surface area contributed by atoms with E-state index in [2.05, 4.69) is 20.4 Å². The number of amides is 1. The van der Waals surface area contributed by atoms with E-state index in [-0.39, 0.29) is 5.25 Å². The number of rotatable bonds is 10. The van der Waals surface area contributed by atoms with E-state index < -0.39 is 10.8 Å². The number of hydrogen-bond acceptors (Lipinski definition) is 5. The van der Waals surface area contributed by atoms with Crippen molar-refractivity contribution < 1.29 is 18.5 Å². The Kier molecular flexibility index (Phi) is 9.97. The molecule has 1 aromatic carbocycles. The van der Waals surface area contributed by atoms with Gasteiger partial charge in [0.05, 0.1) is 11.8 Å². The van der Waals surface area contributed by atoms with E-state index in [1.54, 1.807) is 0 Å². The van der Waals surface area contributed by atoms with Gasteiger partial charge in [0.1, 0.15) is 0 Å². The molecule has 3 aliphatic rings. The van der Waals surface area contributed by atoms with Gasteiger partial charge in [-0.05, 0) is 36.1 Å². The molecule has 1 aromatic rings. The summed E-state index contributed by atoms with van der Waals surface area (Å²) in [5.74, 6) is 3.78. The SMILES string of the molecule is C=C1CS[C@H]2CC(=O)N2C1.CCCCCCCCS(=O)C(C)Cc1ccc2c(c1)OCO2. The zero-order valence-electron chi connectivity index (χ0n) is 19.5. The highest BCUT2D eigenvalue weighted by molar-refractivity contribution is 8.00. The first-order valence-corrected chi connectivity index (χ1v) is 14.2. The number of carbonyl (C=O) groups excluding carboxylic acids is 1. The lowest BCUT2D eigenvalue weighted by atomic mass is 10.1. The monoisotopic (exact) mass is 479 g/mol. The lowest BCUT2D eigenvalue weighted by molar-refractivity contribution is -0.141. The fourth-order valence-corrected chi connectivity index (χ4v) is 6.40. The van der Waals surface area contributed by atoms with Crippen LogP contribution < -0.4 is 9.47 Å². The minimum absolute atomic E-state index is 0.191. The van der Waals surface area contributed by atoms with E-state index >= 15 is 0 Å². The van der Waals surface area contributed by atoms with Crippen LogP contribution in [0.25, 0.3) is 0 Å². The Morgan fingerprint density at radius 2 is 1.94 bits per heavy atom. The summed E-state index contributed by atoms with van der Waals surface area (Å²) < 4.78 is 23.0. The van der Waals surface area contributed by atoms with Crippen LogP contribution >= 0.6 is 11.8 Å². The smallest absolute Gasteiger partial charge is 0.231 e. The predicted molar refractivity (Wildman–Crippen MR) is 134 cm³/mol. The van der Waals surface area contributed by atoms with Gasteiger partial charge in [-0.1, -0.05) is 58.6 Å². The van der Waals surface area contributed by atoms with Gasteiger partial charge in [0, 0.05) is 34.1 Å². The quantitative estimate of drug-likeness (QED) is 0.259. The topological polar surface area (TPSA) is 55.8 Å². The molecule has 2 unspecified atom stereocenters. The van der Waals surface area contributed by atoms with Crippen molar-refractivity contribution in [2.75, 3.05) is 24.8 Å². The standard InChI is InChI=1S/C18H28O3S.C7H9NOS/c1-3-4-5-6-7-8-11-22(19)15(2)12-16-9-10-17-18(13-16)21-14-20-17;1-5-3-8-6(9)2-7(8)10-4-5/h9-10,13,15H,3-8,11-12,14H2,1-2H3;7H,1-4H2/t;7-/m.0/s1. The van der Waals surface area contributed by atoms with Gasteiger partial charge in [-0.15, -0.1) is 11.8 Å². The van der Waals surface area contributed by atoms with Gasteiger partial charge in [-0.3, -0.25) is 9.00 Å². The average Bonchev–Trinajstić information content (AvgIpc) is 3.25. The highest BCUT2D eigenvalue weighted by atomic mass is 32.2. The fourth-order valence-electron chi connectivity index (χ4n) is 3.98. The molecule has 1 amide bonds. The van der Waals surface area contributed by atoms with Gasteiger partial charge < -0.3 is 14.4 Å². The molecule has 2 saturated heterocycles. The number of carbonyl (C=O) groups is 1. The zero-order valence-corrected chi connectivity index (χ0v) is 21.1. The average molecular weight is 480 g/mol. The summed E-state index contributed by atoms with van der Waals surface area (Å²) in [6.45, 7) is 9.27. The zero-order chi connectivity index (χ0) is 22.9. The summed E-state index contributed by atoms with van der Waals surface area (Å²) in [6.07, 6.45) is 9.07. The molecule has 0 spiro atoms. The molecule has 0 radical (unpaired) electrons. The summed E-state index contributed by atoms with van der Waals surface area (Å²) in [6, 6.07) is 6.01. The van der Waals surface area contributed by atoms with Crippen LogP contribution in [-0.2, 0) is 22.0 Å². The molecule has 3 heterocycles. The van der Waals surface area contributed by atoms with E-state index in [1.807, 2.05) is 34.9 Å². The number of β-lactam (4-membered cyclic amide) rings is 1. The van der Waals surface area contributed by atoms with Crippen LogP contribution in [0, 0.1) is 0 Å². The summed E-state index contributed by atoms with van der Waals surface area (Å²) in [5.41, 5.74) is 2.35. The number of hydrogen-bond donors (Lipinski definition) is 0. The van der Waals surface area contributed by atoms with Gasteiger partial charge in [0.25, 0.3) is 0 Å². The Balaban J connectivity index is 0.000000238. The van der Waals surface area contributed by atoms with Crippen LogP contribution in [0.5, 0.6) is 11.5 Å². The Morgan fingerprint density at radius 1 is 1.19 bits per heavy atom. The molecule has 7 heteroatoms. The van der Waals surface area contributed by atoms with E-state index in [0.29, 0.717) is 18.1 Å². The molecular formula is C25H37NO4S2. The van der Waals surface area contributed by atoms with Gasteiger partial charge in [0.2, 0.25) is 12.7 Å². The molecule has 3 aliphatic heterocycles. The normalized spacial score (nSPS) is 20.7. The molecule has 2 fully saturated rings. The highest BCUT2D eigenvalue weighted by Crippen LogP contribution is 2.35. The fraction of sp³-hybridized carbons (Fsp3) is 0.640. The largest absolute Gasteiger partial charge is 0.454 e. The summed E-state index contributed by atoms with van der Waals surface area (Å²) in [4.78, 5) is 12.8. The molecule has 0 saturated carbocycles. The van der Waals surface area contributed by atoms with Gasteiger partial charge in [0.15, 0.2) is 11.5 Å². The van der Waals surface area contributed by atoms with Crippen LogP contribution in [0.15, 0.2) is 30.4 Å². The van der Waals surface area contributed by atoms with Crippen LogP contribution in [-0.4, -0.2) is 50.5 Å². The first kappa shape index (κ1) is 25.2. The molecule has 3 atom stereocenters. The van der Waals surface area contributed by atoms with Gasteiger partial charge >= 0.3 is 0 Å².